The average Bonchev–Trinajstić information content (AvgIpc) is 2.83. The van der Waals surface area contributed by atoms with Crippen LogP contribution in [0.2, 0.25) is 5.02 Å². The molecule has 0 bridgehead atoms. The quantitative estimate of drug-likeness (QED) is 0.506. The van der Waals surface area contributed by atoms with Crippen LogP contribution in [0.25, 0.3) is 0 Å². The second-order valence-electron chi connectivity index (χ2n) is 4.67. The Labute approximate surface area is 134 Å². The van der Waals surface area contributed by atoms with E-state index in [9.17, 15) is 14.4 Å². The summed E-state index contributed by atoms with van der Waals surface area (Å²) in [5.41, 5.74) is 1.50. The zero-order chi connectivity index (χ0) is 15.7. The Morgan fingerprint density at radius 2 is 2.18 bits per heavy atom. The van der Waals surface area contributed by atoms with Crippen molar-refractivity contribution in [3.63, 3.8) is 0 Å². The third-order valence-corrected chi connectivity index (χ3v) is 4.31. The SMILES string of the molecule is O=C1Cc2cc(C(=O)CSc3nccc(=O)[nH]3)c(Cl)cc2N1. The summed E-state index contributed by atoms with van der Waals surface area (Å²) in [4.78, 5) is 41.3. The fourth-order valence-electron chi connectivity index (χ4n) is 2.10. The van der Waals surface area contributed by atoms with Gasteiger partial charge in [0.15, 0.2) is 10.9 Å². The van der Waals surface area contributed by atoms with Crippen molar-refractivity contribution in [3.8, 4) is 0 Å². The summed E-state index contributed by atoms with van der Waals surface area (Å²) in [6.45, 7) is 0. The van der Waals surface area contributed by atoms with Gasteiger partial charge in [-0.25, -0.2) is 4.98 Å². The number of Topliss-reactive ketones (excluding diaryl/α,β-unsaturated/α-hetero) is 1. The van der Waals surface area contributed by atoms with Crippen LogP contribution in [0.15, 0.2) is 34.3 Å². The smallest absolute Gasteiger partial charge is 0.251 e. The number of rotatable bonds is 4. The number of carbonyl (C=O) groups excluding carboxylic acids is 2. The fraction of sp³-hybridized carbons (Fsp3) is 0.143. The molecule has 112 valence electrons. The number of thioether (sulfide) groups is 1. The molecule has 1 aliphatic heterocycles. The molecule has 6 nitrogen and oxygen atoms in total. The molecule has 1 amide bonds. The normalized spacial score (nSPS) is 12.9. The molecule has 0 saturated heterocycles. The first-order valence-corrected chi connectivity index (χ1v) is 7.73. The molecule has 2 heterocycles. The van der Waals surface area contributed by atoms with Crippen LogP contribution in [-0.4, -0.2) is 27.4 Å². The van der Waals surface area contributed by atoms with Gasteiger partial charge in [0.2, 0.25) is 5.91 Å². The number of ketones is 1. The molecule has 2 N–H and O–H groups in total. The number of aromatic nitrogens is 2. The van der Waals surface area contributed by atoms with Crippen molar-refractivity contribution in [3.05, 3.63) is 50.9 Å². The van der Waals surface area contributed by atoms with Gasteiger partial charge in [-0.3, -0.25) is 14.4 Å². The van der Waals surface area contributed by atoms with Gasteiger partial charge in [0.25, 0.3) is 5.56 Å². The lowest BCUT2D eigenvalue weighted by molar-refractivity contribution is -0.115. The van der Waals surface area contributed by atoms with Crippen LogP contribution < -0.4 is 10.9 Å². The summed E-state index contributed by atoms with van der Waals surface area (Å²) >= 11 is 7.23. The zero-order valence-electron chi connectivity index (χ0n) is 11.2. The largest absolute Gasteiger partial charge is 0.325 e. The van der Waals surface area contributed by atoms with E-state index in [4.69, 9.17) is 11.6 Å². The molecular weight excluding hydrogens is 326 g/mol. The summed E-state index contributed by atoms with van der Waals surface area (Å²) in [6.07, 6.45) is 1.62. The van der Waals surface area contributed by atoms with Crippen molar-refractivity contribution in [1.29, 1.82) is 0 Å². The predicted molar refractivity (Wildman–Crippen MR) is 83.7 cm³/mol. The summed E-state index contributed by atoms with van der Waals surface area (Å²) in [6, 6.07) is 4.52. The van der Waals surface area contributed by atoms with Crippen LogP contribution in [0.5, 0.6) is 0 Å². The number of amides is 1. The third kappa shape index (κ3) is 3.05. The number of hydrogen-bond donors (Lipinski definition) is 2. The lowest BCUT2D eigenvalue weighted by atomic mass is 10.1. The minimum absolute atomic E-state index is 0.0901. The van der Waals surface area contributed by atoms with Crippen molar-refractivity contribution in [2.24, 2.45) is 0 Å². The average molecular weight is 336 g/mol. The molecule has 1 aliphatic rings. The highest BCUT2D eigenvalue weighted by molar-refractivity contribution is 7.99. The number of fused-ring (bicyclic) bond motifs is 1. The summed E-state index contributed by atoms with van der Waals surface area (Å²) in [5, 5.41) is 3.34. The van der Waals surface area contributed by atoms with Crippen LogP contribution in [-0.2, 0) is 11.2 Å². The Balaban J connectivity index is 1.77. The Hall–Kier alpha value is -2.12. The van der Waals surface area contributed by atoms with Crippen LogP contribution in [0, 0.1) is 0 Å². The van der Waals surface area contributed by atoms with E-state index in [1.54, 1.807) is 12.1 Å². The van der Waals surface area contributed by atoms with Crippen LogP contribution in [0.1, 0.15) is 15.9 Å². The minimum Gasteiger partial charge on any atom is -0.325 e. The standard InChI is InChI=1S/C14H10ClN3O3S/c15-9-5-10-7(4-13(21)17-10)3-8(9)11(19)6-22-14-16-2-1-12(20)18-14/h1-3,5H,4,6H2,(H,17,21)(H,16,18,20). The number of nitrogens with one attached hydrogen (secondary N) is 2. The predicted octanol–water partition coefficient (Wildman–Crippen LogP) is 1.89. The maximum atomic E-state index is 12.3. The highest BCUT2D eigenvalue weighted by atomic mass is 35.5. The van der Waals surface area contributed by atoms with Gasteiger partial charge in [0.1, 0.15) is 0 Å². The molecule has 0 spiro atoms. The molecule has 3 rings (SSSR count). The molecule has 0 atom stereocenters. The van der Waals surface area contributed by atoms with E-state index in [1.807, 2.05) is 0 Å². The van der Waals surface area contributed by atoms with Gasteiger partial charge in [-0.2, -0.15) is 0 Å². The first-order chi connectivity index (χ1) is 10.5. The number of H-pyrrole nitrogens is 1. The molecule has 0 saturated carbocycles. The number of benzene rings is 1. The first kappa shape index (κ1) is 14.8. The summed E-state index contributed by atoms with van der Waals surface area (Å²) < 4.78 is 0. The zero-order valence-corrected chi connectivity index (χ0v) is 12.8. The topological polar surface area (TPSA) is 91.9 Å². The van der Waals surface area contributed by atoms with Gasteiger partial charge in [-0.1, -0.05) is 23.4 Å². The molecule has 0 aliphatic carbocycles. The van der Waals surface area contributed by atoms with E-state index >= 15 is 0 Å². The maximum Gasteiger partial charge on any atom is 0.251 e. The number of nitrogens with zero attached hydrogens (tertiary/aromatic N) is 1. The molecule has 0 unspecified atom stereocenters. The lowest BCUT2D eigenvalue weighted by Gasteiger charge is -2.06. The third-order valence-electron chi connectivity index (χ3n) is 3.11. The molecule has 1 aromatic heterocycles. The van der Waals surface area contributed by atoms with E-state index in [0.29, 0.717) is 21.4 Å². The van der Waals surface area contributed by atoms with E-state index in [0.717, 1.165) is 17.3 Å². The first-order valence-electron chi connectivity index (χ1n) is 6.36. The van der Waals surface area contributed by atoms with Crippen molar-refractivity contribution < 1.29 is 9.59 Å². The molecule has 1 aromatic carbocycles. The molecule has 22 heavy (non-hydrogen) atoms. The highest BCUT2D eigenvalue weighted by Gasteiger charge is 2.22. The van der Waals surface area contributed by atoms with Crippen LogP contribution in [0.3, 0.4) is 0 Å². The number of anilines is 1. The Bertz CT molecular complexity index is 834. The van der Waals surface area contributed by atoms with Crippen molar-refractivity contribution >= 4 is 40.7 Å². The maximum absolute atomic E-state index is 12.3. The summed E-state index contributed by atoms with van der Waals surface area (Å²) in [5.74, 6) is -0.216. The van der Waals surface area contributed by atoms with Gasteiger partial charge < -0.3 is 10.3 Å². The van der Waals surface area contributed by atoms with Crippen LogP contribution in [0.4, 0.5) is 5.69 Å². The molecular formula is C14H10ClN3O3S. The molecule has 2 aromatic rings. The minimum atomic E-state index is -0.273. The molecule has 0 fully saturated rings. The van der Waals surface area contributed by atoms with Gasteiger partial charge in [0, 0.05) is 23.5 Å². The van der Waals surface area contributed by atoms with E-state index in [-0.39, 0.29) is 29.4 Å². The van der Waals surface area contributed by atoms with E-state index < -0.39 is 0 Å². The molecule has 8 heteroatoms. The Morgan fingerprint density at radius 3 is 2.95 bits per heavy atom. The van der Waals surface area contributed by atoms with E-state index in [1.165, 1.54) is 12.3 Å². The monoisotopic (exact) mass is 335 g/mol. The highest BCUT2D eigenvalue weighted by Crippen LogP contribution is 2.30. The van der Waals surface area contributed by atoms with Gasteiger partial charge in [0.05, 0.1) is 17.2 Å². The van der Waals surface area contributed by atoms with Crippen molar-refractivity contribution in [2.75, 3.05) is 11.1 Å². The number of aromatic amines is 1. The Morgan fingerprint density at radius 1 is 1.36 bits per heavy atom. The Kier molecular flexibility index (Phi) is 4.00. The van der Waals surface area contributed by atoms with Crippen LogP contribution >= 0.6 is 23.4 Å². The summed E-state index contributed by atoms with van der Waals surface area (Å²) in [7, 11) is 0. The fourth-order valence-corrected chi connectivity index (χ4v) is 3.10. The second kappa shape index (κ2) is 5.94. The van der Waals surface area contributed by atoms with Crippen molar-refractivity contribution in [1.82, 2.24) is 9.97 Å². The van der Waals surface area contributed by atoms with Gasteiger partial charge >= 0.3 is 0 Å². The van der Waals surface area contributed by atoms with E-state index in [2.05, 4.69) is 15.3 Å². The van der Waals surface area contributed by atoms with Gasteiger partial charge in [-0.15, -0.1) is 0 Å². The number of hydrogen-bond acceptors (Lipinski definition) is 5. The second-order valence-corrected chi connectivity index (χ2v) is 6.04. The van der Waals surface area contributed by atoms with Gasteiger partial charge in [-0.05, 0) is 17.7 Å². The lowest BCUT2D eigenvalue weighted by Crippen LogP contribution is -2.08. The van der Waals surface area contributed by atoms with Crippen molar-refractivity contribution in [2.45, 2.75) is 11.6 Å². The number of carbonyl (C=O) groups is 2. The molecule has 0 radical (unpaired) electrons. The number of halogens is 1.